The zero-order valence-electron chi connectivity index (χ0n) is 13.7. The van der Waals surface area contributed by atoms with Crippen molar-refractivity contribution in [3.8, 4) is 0 Å². The highest BCUT2D eigenvalue weighted by Gasteiger charge is 2.43. The van der Waals surface area contributed by atoms with Crippen molar-refractivity contribution in [1.29, 1.82) is 0 Å². The summed E-state index contributed by atoms with van der Waals surface area (Å²) < 4.78 is 7.98. The molecule has 11 heteroatoms. The summed E-state index contributed by atoms with van der Waals surface area (Å²) in [4.78, 5) is 47.6. The number of carbonyl (C=O) groups excluding carboxylic acids is 4. The molecule has 2 rings (SSSR count). The molecule has 2 unspecified atom stereocenters. The molecule has 0 aliphatic carbocycles. The zero-order chi connectivity index (χ0) is 20.0. The molecule has 1 aromatic carbocycles. The lowest BCUT2D eigenvalue weighted by Gasteiger charge is -2.22. The summed E-state index contributed by atoms with van der Waals surface area (Å²) in [7, 11) is 0. The Kier molecular flexibility index (Phi) is 7.29. The summed E-state index contributed by atoms with van der Waals surface area (Å²) in [6, 6.07) is 7.33. The van der Waals surface area contributed by atoms with Crippen molar-refractivity contribution >= 4 is 58.7 Å². The van der Waals surface area contributed by atoms with E-state index in [2.05, 4.69) is 5.32 Å². The number of benzene rings is 1. The van der Waals surface area contributed by atoms with E-state index in [-0.39, 0.29) is 13.0 Å². The second-order valence-electron chi connectivity index (χ2n) is 5.63. The van der Waals surface area contributed by atoms with Crippen LogP contribution in [0.25, 0.3) is 0 Å². The second kappa shape index (κ2) is 9.25. The number of hydrogen-bond donors (Lipinski definition) is 2. The fraction of sp³-hybridized carbons (Fsp3) is 0.375. The van der Waals surface area contributed by atoms with Crippen LogP contribution in [0.4, 0.5) is 4.79 Å². The standard InChI is InChI=1S/C16H15Cl3N2O6/c17-16(18,19)8-27-14(24)12(10-6-11(22)20-13(10)23)21-15(25)26-7-9-4-2-1-3-5-9/h1-5,10,12H,6-8H2,(H,21,25)(H,20,22,23). The number of alkyl halides is 3. The molecule has 2 atom stereocenters. The summed E-state index contributed by atoms with van der Waals surface area (Å²) >= 11 is 16.6. The first-order chi connectivity index (χ1) is 12.7. The van der Waals surface area contributed by atoms with E-state index in [1.54, 1.807) is 30.3 Å². The van der Waals surface area contributed by atoms with Gasteiger partial charge in [-0.05, 0) is 5.56 Å². The maximum Gasteiger partial charge on any atom is 0.408 e. The summed E-state index contributed by atoms with van der Waals surface area (Å²) in [5, 5.41) is 4.29. The molecule has 27 heavy (non-hydrogen) atoms. The van der Waals surface area contributed by atoms with Gasteiger partial charge in [0.05, 0.1) is 5.92 Å². The van der Waals surface area contributed by atoms with Gasteiger partial charge in [0.15, 0.2) is 0 Å². The monoisotopic (exact) mass is 436 g/mol. The van der Waals surface area contributed by atoms with Crippen molar-refractivity contribution in [2.24, 2.45) is 5.92 Å². The van der Waals surface area contributed by atoms with Gasteiger partial charge in [0.1, 0.15) is 19.3 Å². The van der Waals surface area contributed by atoms with Crippen LogP contribution < -0.4 is 10.6 Å². The van der Waals surface area contributed by atoms with Crippen LogP contribution in [0.3, 0.4) is 0 Å². The molecule has 0 aromatic heterocycles. The SMILES string of the molecule is O=C1CC(C(NC(=O)OCc2ccccc2)C(=O)OCC(Cl)(Cl)Cl)C(=O)N1. The summed E-state index contributed by atoms with van der Waals surface area (Å²) in [6.07, 6.45) is -1.27. The van der Waals surface area contributed by atoms with E-state index in [0.717, 1.165) is 5.56 Å². The van der Waals surface area contributed by atoms with Crippen molar-refractivity contribution in [2.45, 2.75) is 22.9 Å². The smallest absolute Gasteiger partial charge is 0.408 e. The van der Waals surface area contributed by atoms with Crippen LogP contribution in [0, 0.1) is 5.92 Å². The first-order valence-electron chi connectivity index (χ1n) is 7.70. The number of amides is 3. The van der Waals surface area contributed by atoms with E-state index in [1.165, 1.54) is 0 Å². The number of esters is 1. The molecule has 0 saturated carbocycles. The zero-order valence-corrected chi connectivity index (χ0v) is 16.0. The Morgan fingerprint density at radius 1 is 1.19 bits per heavy atom. The fourth-order valence-corrected chi connectivity index (χ4v) is 2.46. The molecule has 3 amide bonds. The van der Waals surface area contributed by atoms with Gasteiger partial charge in [-0.25, -0.2) is 9.59 Å². The number of hydrogen-bond acceptors (Lipinski definition) is 6. The quantitative estimate of drug-likeness (QED) is 0.399. The van der Waals surface area contributed by atoms with E-state index in [9.17, 15) is 19.2 Å². The maximum absolute atomic E-state index is 12.3. The van der Waals surface area contributed by atoms with Gasteiger partial charge in [-0.1, -0.05) is 65.1 Å². The molecule has 2 N–H and O–H groups in total. The van der Waals surface area contributed by atoms with E-state index in [1.807, 2.05) is 5.32 Å². The van der Waals surface area contributed by atoms with E-state index < -0.39 is 46.2 Å². The third kappa shape index (κ3) is 6.89. The molecule has 146 valence electrons. The highest BCUT2D eigenvalue weighted by Crippen LogP contribution is 2.26. The van der Waals surface area contributed by atoms with Crippen molar-refractivity contribution in [3.05, 3.63) is 35.9 Å². The Hall–Kier alpha value is -2.03. The largest absolute Gasteiger partial charge is 0.460 e. The molecular formula is C16H15Cl3N2O6. The van der Waals surface area contributed by atoms with Gasteiger partial charge in [-0.3, -0.25) is 14.9 Å². The first kappa shape index (κ1) is 21.3. The summed E-state index contributed by atoms with van der Waals surface area (Å²) in [6.45, 7) is -0.658. The number of alkyl carbamates (subject to hydrolysis) is 1. The third-order valence-corrected chi connectivity index (χ3v) is 3.85. The van der Waals surface area contributed by atoms with Crippen LogP contribution in [-0.4, -0.2) is 40.3 Å². The van der Waals surface area contributed by atoms with Crippen LogP contribution in [0.2, 0.25) is 0 Å². The molecule has 0 spiro atoms. The predicted molar refractivity (Wildman–Crippen MR) is 96.1 cm³/mol. The van der Waals surface area contributed by atoms with Crippen LogP contribution in [0.5, 0.6) is 0 Å². The Labute approximate surface area is 169 Å². The topological polar surface area (TPSA) is 111 Å². The van der Waals surface area contributed by atoms with Gasteiger partial charge in [0.25, 0.3) is 0 Å². The van der Waals surface area contributed by atoms with E-state index in [4.69, 9.17) is 44.3 Å². The molecular weight excluding hydrogens is 423 g/mol. The number of rotatable bonds is 6. The van der Waals surface area contributed by atoms with E-state index in [0.29, 0.717) is 0 Å². The number of halogens is 3. The molecule has 1 saturated heterocycles. The van der Waals surface area contributed by atoms with Gasteiger partial charge < -0.3 is 14.8 Å². The van der Waals surface area contributed by atoms with Gasteiger partial charge >= 0.3 is 12.1 Å². The minimum absolute atomic E-state index is 0.0572. The number of ether oxygens (including phenoxy) is 2. The van der Waals surface area contributed by atoms with Gasteiger partial charge in [-0.15, -0.1) is 0 Å². The van der Waals surface area contributed by atoms with Crippen molar-refractivity contribution in [1.82, 2.24) is 10.6 Å². The highest BCUT2D eigenvalue weighted by atomic mass is 35.6. The summed E-state index contributed by atoms with van der Waals surface area (Å²) in [5.74, 6) is -3.50. The van der Waals surface area contributed by atoms with Crippen LogP contribution in [0.1, 0.15) is 12.0 Å². The molecule has 0 bridgehead atoms. The Balaban J connectivity index is 2.02. The normalized spacial score (nSPS) is 17.8. The summed E-state index contributed by atoms with van der Waals surface area (Å²) in [5.41, 5.74) is 0.719. The van der Waals surface area contributed by atoms with Gasteiger partial charge in [-0.2, -0.15) is 0 Å². The lowest BCUT2D eigenvalue weighted by molar-refractivity contribution is -0.149. The van der Waals surface area contributed by atoms with Crippen LogP contribution in [-0.2, 0) is 30.5 Å². The first-order valence-corrected chi connectivity index (χ1v) is 8.83. The lowest BCUT2D eigenvalue weighted by Crippen LogP contribution is -2.49. The average Bonchev–Trinajstić information content (AvgIpc) is 2.94. The molecule has 1 heterocycles. The minimum Gasteiger partial charge on any atom is -0.460 e. The average molecular weight is 438 g/mol. The van der Waals surface area contributed by atoms with Crippen molar-refractivity contribution in [2.75, 3.05) is 6.61 Å². The Morgan fingerprint density at radius 2 is 1.85 bits per heavy atom. The molecule has 1 fully saturated rings. The van der Waals surface area contributed by atoms with Crippen molar-refractivity contribution in [3.63, 3.8) is 0 Å². The lowest BCUT2D eigenvalue weighted by atomic mass is 9.98. The molecule has 0 radical (unpaired) electrons. The van der Waals surface area contributed by atoms with Crippen LogP contribution >= 0.6 is 34.8 Å². The Morgan fingerprint density at radius 3 is 2.41 bits per heavy atom. The van der Waals surface area contributed by atoms with E-state index >= 15 is 0 Å². The minimum atomic E-state index is -1.87. The second-order valence-corrected chi connectivity index (χ2v) is 8.15. The maximum atomic E-state index is 12.3. The number of carbonyl (C=O) groups is 4. The molecule has 8 nitrogen and oxygen atoms in total. The molecule has 1 aliphatic rings. The fourth-order valence-electron chi connectivity index (χ4n) is 2.30. The van der Waals surface area contributed by atoms with Gasteiger partial charge in [0, 0.05) is 6.42 Å². The van der Waals surface area contributed by atoms with Crippen LogP contribution in [0.15, 0.2) is 30.3 Å². The third-order valence-electron chi connectivity index (χ3n) is 3.53. The number of imide groups is 1. The highest BCUT2D eigenvalue weighted by molar-refractivity contribution is 6.67. The molecule has 1 aromatic rings. The van der Waals surface area contributed by atoms with Gasteiger partial charge in [0.2, 0.25) is 15.6 Å². The Bertz CT molecular complexity index is 723. The number of nitrogens with one attached hydrogen (secondary N) is 2. The molecule has 1 aliphatic heterocycles. The van der Waals surface area contributed by atoms with Crippen molar-refractivity contribution < 1.29 is 28.7 Å². The predicted octanol–water partition coefficient (Wildman–Crippen LogP) is 1.86.